The van der Waals surface area contributed by atoms with Gasteiger partial charge in [-0.1, -0.05) is 23.8 Å². The van der Waals surface area contributed by atoms with Crippen LogP contribution in [-0.2, 0) is 28.9 Å². The molecule has 0 saturated carbocycles. The van der Waals surface area contributed by atoms with E-state index < -0.39 is 6.04 Å². The molecule has 0 amide bonds. The zero-order valence-electron chi connectivity index (χ0n) is 17.2. The van der Waals surface area contributed by atoms with Crippen LogP contribution in [0.3, 0.4) is 0 Å². The van der Waals surface area contributed by atoms with Crippen molar-refractivity contribution in [3.8, 4) is 0 Å². The average Bonchev–Trinajstić information content (AvgIpc) is 3.00. The van der Waals surface area contributed by atoms with Crippen LogP contribution in [0, 0.1) is 12.7 Å². The molecule has 5 heteroatoms. The SMILES string of the molecule is CCOC(=O)C(Cc1ccc(F)cc1)n1c2c(c3cc(C)ccc31)CN(C)CC2. The van der Waals surface area contributed by atoms with Crippen molar-refractivity contribution in [3.63, 3.8) is 0 Å². The molecule has 4 nitrogen and oxygen atoms in total. The van der Waals surface area contributed by atoms with E-state index in [0.717, 1.165) is 30.6 Å². The summed E-state index contributed by atoms with van der Waals surface area (Å²) in [5.74, 6) is -0.514. The molecule has 29 heavy (non-hydrogen) atoms. The first-order valence-corrected chi connectivity index (χ1v) is 10.2. The Labute approximate surface area is 170 Å². The van der Waals surface area contributed by atoms with Crippen molar-refractivity contribution in [2.24, 2.45) is 0 Å². The number of carbonyl (C=O) groups is 1. The summed E-state index contributed by atoms with van der Waals surface area (Å²) in [5.41, 5.74) is 5.70. The van der Waals surface area contributed by atoms with Crippen LogP contribution >= 0.6 is 0 Å². The van der Waals surface area contributed by atoms with Gasteiger partial charge in [-0.05, 0) is 56.3 Å². The number of ether oxygens (including phenoxy) is 1. The number of aryl methyl sites for hydroxylation is 1. The number of fused-ring (bicyclic) bond motifs is 3. The molecule has 1 atom stereocenters. The molecular formula is C24H27FN2O2. The van der Waals surface area contributed by atoms with Gasteiger partial charge in [-0.25, -0.2) is 9.18 Å². The zero-order valence-corrected chi connectivity index (χ0v) is 17.2. The molecule has 0 spiro atoms. The predicted molar refractivity (Wildman–Crippen MR) is 112 cm³/mol. The second kappa shape index (κ2) is 7.99. The number of hydrogen-bond donors (Lipinski definition) is 0. The third-order valence-electron chi connectivity index (χ3n) is 5.75. The molecule has 152 valence electrons. The van der Waals surface area contributed by atoms with Crippen molar-refractivity contribution in [2.45, 2.75) is 39.3 Å². The van der Waals surface area contributed by atoms with Crippen LogP contribution in [0.4, 0.5) is 4.39 Å². The molecule has 0 fully saturated rings. The van der Waals surface area contributed by atoms with Crippen LogP contribution < -0.4 is 0 Å². The van der Waals surface area contributed by atoms with Crippen LogP contribution in [0.5, 0.6) is 0 Å². The summed E-state index contributed by atoms with van der Waals surface area (Å²) in [7, 11) is 2.13. The van der Waals surface area contributed by atoms with Gasteiger partial charge < -0.3 is 14.2 Å². The minimum absolute atomic E-state index is 0.240. The normalized spacial score (nSPS) is 15.3. The number of esters is 1. The average molecular weight is 394 g/mol. The molecule has 1 aliphatic heterocycles. The smallest absolute Gasteiger partial charge is 0.329 e. The fraction of sp³-hybridized carbons (Fsp3) is 0.375. The van der Waals surface area contributed by atoms with Gasteiger partial charge in [-0.3, -0.25) is 0 Å². The van der Waals surface area contributed by atoms with Gasteiger partial charge in [0, 0.05) is 42.5 Å². The van der Waals surface area contributed by atoms with E-state index in [1.807, 2.05) is 6.92 Å². The van der Waals surface area contributed by atoms with E-state index in [2.05, 4.69) is 41.6 Å². The summed E-state index contributed by atoms with van der Waals surface area (Å²) in [6.45, 7) is 6.08. The maximum absolute atomic E-state index is 13.4. The molecule has 0 radical (unpaired) electrons. The van der Waals surface area contributed by atoms with Crippen LogP contribution in [0.25, 0.3) is 10.9 Å². The third kappa shape index (κ3) is 3.79. The maximum atomic E-state index is 13.4. The Morgan fingerprint density at radius 2 is 1.97 bits per heavy atom. The summed E-state index contributed by atoms with van der Waals surface area (Å²) in [6, 6.07) is 12.3. The Bertz CT molecular complexity index is 1040. The van der Waals surface area contributed by atoms with E-state index in [0.29, 0.717) is 13.0 Å². The van der Waals surface area contributed by atoms with Crippen molar-refractivity contribution >= 4 is 16.9 Å². The van der Waals surface area contributed by atoms with Gasteiger partial charge in [0.1, 0.15) is 11.9 Å². The second-order valence-corrected chi connectivity index (χ2v) is 7.90. The van der Waals surface area contributed by atoms with Crippen LogP contribution in [0.15, 0.2) is 42.5 Å². The molecule has 0 aliphatic carbocycles. The van der Waals surface area contributed by atoms with Gasteiger partial charge in [0.25, 0.3) is 0 Å². The number of rotatable bonds is 5. The largest absolute Gasteiger partial charge is 0.464 e. The highest BCUT2D eigenvalue weighted by Gasteiger charge is 2.30. The lowest BCUT2D eigenvalue weighted by molar-refractivity contribution is -0.147. The summed E-state index contributed by atoms with van der Waals surface area (Å²) >= 11 is 0. The molecule has 2 aromatic carbocycles. The molecule has 2 heterocycles. The first-order chi connectivity index (χ1) is 14.0. The van der Waals surface area contributed by atoms with Crippen molar-refractivity contribution in [3.05, 3.63) is 70.7 Å². The predicted octanol–water partition coefficient (Wildman–Crippen LogP) is 4.42. The van der Waals surface area contributed by atoms with Crippen LogP contribution in [-0.4, -0.2) is 35.6 Å². The number of benzene rings is 2. The molecule has 0 bridgehead atoms. The molecule has 0 N–H and O–H groups in total. The Kier molecular flexibility index (Phi) is 5.41. The molecular weight excluding hydrogens is 367 g/mol. The Balaban J connectivity index is 1.87. The standard InChI is InChI=1S/C24H27FN2O2/c1-4-29-24(28)23(14-17-6-8-18(25)9-7-17)27-21-10-5-16(2)13-19(21)20-15-26(3)12-11-22(20)27/h5-10,13,23H,4,11-12,14-15H2,1-3H3. The number of carbonyl (C=O) groups excluding carboxylic acids is 1. The molecule has 3 aromatic rings. The Morgan fingerprint density at radius 3 is 2.69 bits per heavy atom. The highest BCUT2D eigenvalue weighted by atomic mass is 19.1. The number of halogens is 1. The van der Waals surface area contributed by atoms with Gasteiger partial charge in [0.05, 0.1) is 6.61 Å². The molecule has 1 aromatic heterocycles. The van der Waals surface area contributed by atoms with Gasteiger partial charge in [-0.2, -0.15) is 0 Å². The quantitative estimate of drug-likeness (QED) is 0.601. The van der Waals surface area contributed by atoms with Gasteiger partial charge in [0.15, 0.2) is 0 Å². The van der Waals surface area contributed by atoms with Crippen molar-refractivity contribution in [1.82, 2.24) is 9.47 Å². The van der Waals surface area contributed by atoms with Crippen molar-refractivity contribution in [2.75, 3.05) is 20.2 Å². The van der Waals surface area contributed by atoms with E-state index in [-0.39, 0.29) is 11.8 Å². The number of hydrogen-bond acceptors (Lipinski definition) is 3. The highest BCUT2D eigenvalue weighted by molar-refractivity contribution is 5.89. The summed E-state index contributed by atoms with van der Waals surface area (Å²) in [6.07, 6.45) is 1.36. The molecule has 1 unspecified atom stereocenters. The second-order valence-electron chi connectivity index (χ2n) is 7.90. The van der Waals surface area contributed by atoms with Gasteiger partial charge >= 0.3 is 5.97 Å². The third-order valence-corrected chi connectivity index (χ3v) is 5.75. The number of nitrogens with zero attached hydrogens (tertiary/aromatic N) is 2. The molecule has 4 rings (SSSR count). The van der Waals surface area contributed by atoms with E-state index in [1.165, 1.54) is 34.3 Å². The fourth-order valence-corrected chi connectivity index (χ4v) is 4.36. The van der Waals surface area contributed by atoms with Gasteiger partial charge in [0.2, 0.25) is 0 Å². The zero-order chi connectivity index (χ0) is 20.5. The van der Waals surface area contributed by atoms with E-state index >= 15 is 0 Å². The monoisotopic (exact) mass is 394 g/mol. The lowest BCUT2D eigenvalue weighted by atomic mass is 10.0. The number of aromatic nitrogens is 1. The van der Waals surface area contributed by atoms with Crippen molar-refractivity contribution < 1.29 is 13.9 Å². The van der Waals surface area contributed by atoms with E-state index in [4.69, 9.17) is 4.74 Å². The highest BCUT2D eigenvalue weighted by Crippen LogP contribution is 2.35. The number of likely N-dealkylation sites (N-methyl/N-ethyl adjacent to an activating group) is 1. The maximum Gasteiger partial charge on any atom is 0.329 e. The molecule has 0 saturated heterocycles. The lowest BCUT2D eigenvalue weighted by Gasteiger charge is -2.27. The van der Waals surface area contributed by atoms with E-state index in [9.17, 15) is 9.18 Å². The minimum atomic E-state index is -0.474. The molecule has 1 aliphatic rings. The topological polar surface area (TPSA) is 34.5 Å². The first-order valence-electron chi connectivity index (χ1n) is 10.2. The first kappa shape index (κ1) is 19.6. The van der Waals surface area contributed by atoms with Gasteiger partial charge in [-0.15, -0.1) is 0 Å². The summed E-state index contributed by atoms with van der Waals surface area (Å²) in [5, 5.41) is 1.21. The fourth-order valence-electron chi connectivity index (χ4n) is 4.36. The van der Waals surface area contributed by atoms with Crippen molar-refractivity contribution in [1.29, 1.82) is 0 Å². The Hall–Kier alpha value is -2.66. The van der Waals surface area contributed by atoms with E-state index in [1.54, 1.807) is 12.1 Å². The van der Waals surface area contributed by atoms with Crippen LogP contribution in [0.1, 0.15) is 35.3 Å². The van der Waals surface area contributed by atoms with Crippen LogP contribution in [0.2, 0.25) is 0 Å². The summed E-state index contributed by atoms with van der Waals surface area (Å²) < 4.78 is 21.0. The lowest BCUT2D eigenvalue weighted by Crippen LogP contribution is -2.30. The summed E-state index contributed by atoms with van der Waals surface area (Å²) in [4.78, 5) is 15.4. The Morgan fingerprint density at radius 1 is 1.21 bits per heavy atom. The minimum Gasteiger partial charge on any atom is -0.464 e.